The second-order valence-corrected chi connectivity index (χ2v) is 6.11. The van der Waals surface area contributed by atoms with Gasteiger partial charge in [-0.05, 0) is 32.8 Å². The van der Waals surface area contributed by atoms with Crippen molar-refractivity contribution in [2.75, 3.05) is 20.2 Å². The minimum atomic E-state index is -0.511. The Bertz CT molecular complexity index is 594. The Morgan fingerprint density at radius 2 is 2.14 bits per heavy atom. The molecule has 2 rings (SSSR count). The number of rotatable bonds is 2. The molecule has 0 bridgehead atoms. The van der Waals surface area contributed by atoms with Crippen molar-refractivity contribution in [2.24, 2.45) is 0 Å². The normalized spacial score (nSPS) is 15.3. The molecule has 1 aromatic heterocycles. The second-order valence-electron chi connectivity index (χ2n) is 6.11. The first kappa shape index (κ1) is 16.3. The summed E-state index contributed by atoms with van der Waals surface area (Å²) in [7, 11) is 1.48. The van der Waals surface area contributed by atoms with Crippen LogP contribution in [0.4, 0.5) is 9.18 Å². The number of halogens is 1. The summed E-state index contributed by atoms with van der Waals surface area (Å²) in [6.45, 7) is 6.48. The monoisotopic (exact) mass is 308 g/mol. The van der Waals surface area contributed by atoms with Gasteiger partial charge < -0.3 is 14.4 Å². The maximum absolute atomic E-state index is 13.2. The molecule has 1 amide bonds. The van der Waals surface area contributed by atoms with Crippen LogP contribution < -0.4 is 4.74 Å². The molecule has 1 aromatic rings. The van der Waals surface area contributed by atoms with Crippen LogP contribution in [0.5, 0.6) is 5.75 Å². The highest BCUT2D eigenvalue weighted by Gasteiger charge is 2.25. The number of ether oxygens (including phenoxy) is 2. The zero-order valence-corrected chi connectivity index (χ0v) is 13.4. The molecule has 0 aliphatic carbocycles. The van der Waals surface area contributed by atoms with Crippen LogP contribution in [0.2, 0.25) is 0 Å². The predicted octanol–water partition coefficient (Wildman–Crippen LogP) is 3.25. The Morgan fingerprint density at radius 3 is 2.68 bits per heavy atom. The van der Waals surface area contributed by atoms with Crippen LogP contribution in [0.25, 0.3) is 5.57 Å². The molecule has 5 nitrogen and oxygen atoms in total. The lowest BCUT2D eigenvalue weighted by Crippen LogP contribution is -2.39. The number of hydrogen-bond acceptors (Lipinski definition) is 4. The van der Waals surface area contributed by atoms with Crippen molar-refractivity contribution >= 4 is 11.7 Å². The lowest BCUT2D eigenvalue weighted by molar-refractivity contribution is 0.0270. The zero-order valence-electron chi connectivity index (χ0n) is 13.4. The van der Waals surface area contributed by atoms with Crippen molar-refractivity contribution in [3.8, 4) is 5.75 Å². The molecule has 0 fully saturated rings. The van der Waals surface area contributed by atoms with E-state index in [4.69, 9.17) is 9.47 Å². The highest BCUT2D eigenvalue weighted by atomic mass is 19.1. The summed E-state index contributed by atoms with van der Waals surface area (Å²) in [6, 6.07) is 1.31. The van der Waals surface area contributed by atoms with Crippen molar-refractivity contribution in [3.63, 3.8) is 0 Å². The van der Waals surface area contributed by atoms with Crippen LogP contribution in [0.15, 0.2) is 18.3 Å². The van der Waals surface area contributed by atoms with Crippen molar-refractivity contribution in [1.82, 2.24) is 9.88 Å². The highest BCUT2D eigenvalue weighted by Crippen LogP contribution is 2.29. The maximum atomic E-state index is 13.2. The van der Waals surface area contributed by atoms with Gasteiger partial charge in [-0.25, -0.2) is 14.2 Å². The molecule has 0 saturated heterocycles. The fraction of sp³-hybridized carbons (Fsp3) is 0.500. The van der Waals surface area contributed by atoms with E-state index in [1.54, 1.807) is 4.90 Å². The minimum Gasteiger partial charge on any atom is -0.494 e. The average Bonchev–Trinajstić information content (AvgIpc) is 2.45. The van der Waals surface area contributed by atoms with Gasteiger partial charge in [-0.2, -0.15) is 0 Å². The van der Waals surface area contributed by atoms with Crippen molar-refractivity contribution < 1.29 is 18.7 Å². The second kappa shape index (κ2) is 6.34. The van der Waals surface area contributed by atoms with Crippen LogP contribution in [-0.2, 0) is 4.74 Å². The van der Waals surface area contributed by atoms with E-state index in [9.17, 15) is 9.18 Å². The average molecular weight is 308 g/mol. The van der Waals surface area contributed by atoms with E-state index >= 15 is 0 Å². The van der Waals surface area contributed by atoms with Gasteiger partial charge in [-0.3, -0.25) is 0 Å². The number of pyridine rings is 1. The van der Waals surface area contributed by atoms with Gasteiger partial charge in [0.25, 0.3) is 0 Å². The fourth-order valence-electron chi connectivity index (χ4n) is 2.19. The summed E-state index contributed by atoms with van der Waals surface area (Å²) in [6.07, 6.45) is 3.35. The van der Waals surface area contributed by atoms with Gasteiger partial charge in [-0.1, -0.05) is 6.08 Å². The lowest BCUT2D eigenvalue weighted by atomic mass is 10.0. The summed E-state index contributed by atoms with van der Waals surface area (Å²) in [5, 5.41) is 0. The van der Waals surface area contributed by atoms with Gasteiger partial charge >= 0.3 is 6.09 Å². The minimum absolute atomic E-state index is 0.332. The number of aromatic nitrogens is 1. The summed E-state index contributed by atoms with van der Waals surface area (Å²) >= 11 is 0. The Balaban J connectivity index is 2.10. The highest BCUT2D eigenvalue weighted by molar-refractivity contribution is 5.73. The summed E-state index contributed by atoms with van der Waals surface area (Å²) in [5.74, 6) is -0.0376. The Labute approximate surface area is 129 Å². The van der Waals surface area contributed by atoms with Gasteiger partial charge in [0, 0.05) is 19.2 Å². The van der Waals surface area contributed by atoms with E-state index in [2.05, 4.69) is 4.98 Å². The third-order valence-electron chi connectivity index (χ3n) is 3.20. The van der Waals surface area contributed by atoms with E-state index in [-0.39, 0.29) is 6.09 Å². The molecular weight excluding hydrogens is 287 g/mol. The van der Waals surface area contributed by atoms with Crippen LogP contribution in [0.1, 0.15) is 32.9 Å². The SMILES string of the molecule is COc1cc(F)cnc1C1=CCN(C(=O)OC(C)(C)C)CC1. The fourth-order valence-corrected chi connectivity index (χ4v) is 2.19. The number of methoxy groups -OCH3 is 1. The van der Waals surface area contributed by atoms with Gasteiger partial charge in [0.05, 0.1) is 13.3 Å². The quantitative estimate of drug-likeness (QED) is 0.841. The molecule has 0 saturated carbocycles. The number of nitrogens with zero attached hydrogens (tertiary/aromatic N) is 2. The van der Waals surface area contributed by atoms with Crippen LogP contribution in [-0.4, -0.2) is 41.8 Å². The van der Waals surface area contributed by atoms with E-state index in [1.807, 2.05) is 26.8 Å². The third kappa shape index (κ3) is 3.96. The Morgan fingerprint density at radius 1 is 1.41 bits per heavy atom. The first-order valence-corrected chi connectivity index (χ1v) is 7.17. The largest absolute Gasteiger partial charge is 0.494 e. The van der Waals surface area contributed by atoms with Crippen LogP contribution in [0, 0.1) is 5.82 Å². The summed E-state index contributed by atoms with van der Waals surface area (Å²) in [4.78, 5) is 17.7. The molecule has 6 heteroatoms. The van der Waals surface area contributed by atoms with Crippen LogP contribution in [0.3, 0.4) is 0 Å². The smallest absolute Gasteiger partial charge is 0.410 e. The number of carbonyl (C=O) groups excluding carboxylic acids is 1. The molecule has 2 heterocycles. The molecule has 22 heavy (non-hydrogen) atoms. The Hall–Kier alpha value is -2.11. The van der Waals surface area contributed by atoms with E-state index in [0.717, 1.165) is 5.57 Å². The zero-order chi connectivity index (χ0) is 16.3. The lowest BCUT2D eigenvalue weighted by Gasteiger charge is -2.29. The van der Waals surface area contributed by atoms with Crippen molar-refractivity contribution in [2.45, 2.75) is 32.8 Å². The van der Waals surface area contributed by atoms with Gasteiger partial charge in [0.2, 0.25) is 0 Å². The molecule has 0 unspecified atom stereocenters. The standard InChI is InChI=1S/C16H21FN2O3/c1-16(2,3)22-15(20)19-7-5-11(6-8-19)14-13(21-4)9-12(17)10-18-14/h5,9-10H,6-8H2,1-4H3. The van der Waals surface area contributed by atoms with E-state index in [0.29, 0.717) is 31.0 Å². The molecule has 0 aromatic carbocycles. The van der Waals surface area contributed by atoms with E-state index < -0.39 is 11.4 Å². The molecule has 1 aliphatic heterocycles. The molecule has 0 radical (unpaired) electrons. The van der Waals surface area contributed by atoms with Crippen LogP contribution >= 0.6 is 0 Å². The molecule has 120 valence electrons. The van der Waals surface area contributed by atoms with Gasteiger partial charge in [0.15, 0.2) is 0 Å². The maximum Gasteiger partial charge on any atom is 0.410 e. The summed E-state index contributed by atoms with van der Waals surface area (Å²) < 4.78 is 23.7. The molecule has 1 aliphatic rings. The van der Waals surface area contributed by atoms with E-state index in [1.165, 1.54) is 19.4 Å². The van der Waals surface area contributed by atoms with Crippen molar-refractivity contribution in [1.29, 1.82) is 0 Å². The van der Waals surface area contributed by atoms with Gasteiger partial charge in [0.1, 0.15) is 22.9 Å². The number of carbonyl (C=O) groups is 1. The van der Waals surface area contributed by atoms with Gasteiger partial charge in [-0.15, -0.1) is 0 Å². The summed E-state index contributed by atoms with van der Waals surface area (Å²) in [5.41, 5.74) is 1.05. The first-order valence-electron chi connectivity index (χ1n) is 7.17. The molecular formula is C16H21FN2O3. The molecule has 0 spiro atoms. The topological polar surface area (TPSA) is 51.7 Å². The molecule has 0 atom stereocenters. The third-order valence-corrected chi connectivity index (χ3v) is 3.20. The Kier molecular flexibility index (Phi) is 4.68. The number of hydrogen-bond donors (Lipinski definition) is 0. The number of amides is 1. The first-order chi connectivity index (χ1) is 10.3. The predicted molar refractivity (Wildman–Crippen MR) is 81.1 cm³/mol. The molecule has 0 N–H and O–H groups in total. The van der Waals surface area contributed by atoms with Crippen molar-refractivity contribution in [3.05, 3.63) is 29.9 Å².